The molecule has 0 spiro atoms. The Balaban J connectivity index is 1.49. The van der Waals surface area contributed by atoms with Crippen molar-refractivity contribution in [1.29, 1.82) is 0 Å². The number of ether oxygens (including phenoxy) is 2. The highest BCUT2D eigenvalue weighted by atomic mass is 32.1. The monoisotopic (exact) mass is 711 g/mol. The number of carbonyl (C=O) groups is 5. The fourth-order valence-electron chi connectivity index (χ4n) is 6.80. The van der Waals surface area contributed by atoms with Gasteiger partial charge in [-0.25, -0.2) is 4.98 Å². The first kappa shape index (κ1) is 39.0. The molecule has 1 aromatic heterocycles. The molecule has 6 atom stereocenters. The SMILES string of the molecule is COC(=O)[C@@H](C)C[C@H](Cc1ccccc1)NC(=O)c1csc([C@@H](C[C@H](C(C)C)N(C)C(=O)C(NC(=O)C2CCCN2C)C2CC2)OC(C)=O)n1. The summed E-state index contributed by atoms with van der Waals surface area (Å²) in [6.45, 7) is 7.95. The number of hydrogen-bond acceptors (Lipinski definition) is 10. The van der Waals surface area contributed by atoms with Crippen molar-refractivity contribution in [2.24, 2.45) is 17.8 Å². The Hall–Kier alpha value is -3.84. The Bertz CT molecular complexity index is 1480. The van der Waals surface area contributed by atoms with Crippen molar-refractivity contribution in [2.45, 2.75) is 103 Å². The normalized spacial score (nSPS) is 19.2. The second-order valence-corrected chi connectivity index (χ2v) is 15.0. The summed E-state index contributed by atoms with van der Waals surface area (Å²) >= 11 is 1.21. The van der Waals surface area contributed by atoms with E-state index in [1.54, 1.807) is 24.3 Å². The maximum absolute atomic E-state index is 14.0. The lowest BCUT2D eigenvalue weighted by Gasteiger charge is -2.36. The van der Waals surface area contributed by atoms with Crippen molar-refractivity contribution < 1.29 is 33.4 Å². The summed E-state index contributed by atoms with van der Waals surface area (Å²) in [4.78, 5) is 73.5. The zero-order chi connectivity index (χ0) is 36.5. The molecule has 1 aliphatic heterocycles. The van der Waals surface area contributed by atoms with Gasteiger partial charge in [0.25, 0.3) is 5.91 Å². The summed E-state index contributed by atoms with van der Waals surface area (Å²) in [6.07, 6.45) is 3.83. The number of methoxy groups -OCH3 is 1. The lowest BCUT2D eigenvalue weighted by Crippen LogP contribution is -2.55. The second-order valence-electron chi connectivity index (χ2n) is 14.1. The smallest absolute Gasteiger partial charge is 0.308 e. The molecule has 1 saturated heterocycles. The summed E-state index contributed by atoms with van der Waals surface area (Å²) in [6, 6.07) is 8.13. The van der Waals surface area contributed by atoms with E-state index in [1.165, 1.54) is 25.4 Å². The van der Waals surface area contributed by atoms with Gasteiger partial charge in [-0.3, -0.25) is 28.9 Å². The number of nitrogens with one attached hydrogen (secondary N) is 2. The average Bonchev–Trinajstić information content (AvgIpc) is 3.62. The van der Waals surface area contributed by atoms with Crippen LogP contribution in [0.15, 0.2) is 35.7 Å². The van der Waals surface area contributed by atoms with E-state index in [0.29, 0.717) is 17.8 Å². The van der Waals surface area contributed by atoms with Crippen LogP contribution in [0.1, 0.15) is 93.4 Å². The summed E-state index contributed by atoms with van der Waals surface area (Å²) in [5, 5.41) is 8.18. The van der Waals surface area contributed by atoms with Crippen molar-refractivity contribution in [3.8, 4) is 0 Å². The maximum atomic E-state index is 14.0. The number of benzene rings is 1. The largest absolute Gasteiger partial charge is 0.469 e. The van der Waals surface area contributed by atoms with Crippen LogP contribution in [0.4, 0.5) is 0 Å². The number of hydrogen-bond donors (Lipinski definition) is 2. The molecule has 2 unspecified atom stereocenters. The average molecular weight is 712 g/mol. The molecule has 13 heteroatoms. The van der Waals surface area contributed by atoms with E-state index in [2.05, 4.69) is 15.6 Å². The van der Waals surface area contributed by atoms with Crippen molar-refractivity contribution in [2.75, 3.05) is 27.7 Å². The number of nitrogens with zero attached hydrogens (tertiary/aromatic N) is 3. The fraction of sp³-hybridized carbons (Fsp3) is 0.622. The molecular weight excluding hydrogens is 659 g/mol. The molecule has 274 valence electrons. The van der Waals surface area contributed by atoms with E-state index >= 15 is 0 Å². The standard InChI is InChI=1S/C37H53N5O7S/c1-22(2)30(42(6)36(46)32(26-15-16-26)40-34(45)29-14-11-17-41(29)5)20-31(49-24(4)43)35-39-28(21-50-35)33(44)38-27(18-23(3)37(47)48-7)19-25-12-9-8-10-13-25/h8-10,12-13,21-23,26-27,29-32H,11,14-20H2,1-7H3,(H,38,44)(H,40,45)/t23-,27+,29?,30+,31+,32?/m0/s1. The number of thiazole rings is 1. The summed E-state index contributed by atoms with van der Waals surface area (Å²) < 4.78 is 10.7. The van der Waals surface area contributed by atoms with Crippen LogP contribution in [-0.4, -0.2) is 96.4 Å². The molecule has 2 N–H and O–H groups in total. The maximum Gasteiger partial charge on any atom is 0.308 e. The highest BCUT2D eigenvalue weighted by Crippen LogP contribution is 2.36. The zero-order valence-electron chi connectivity index (χ0n) is 30.3. The van der Waals surface area contributed by atoms with Crippen LogP contribution < -0.4 is 10.6 Å². The quantitative estimate of drug-likeness (QED) is 0.231. The number of rotatable bonds is 17. The minimum absolute atomic E-state index is 0.0168. The van der Waals surface area contributed by atoms with Crippen LogP contribution in [0.25, 0.3) is 0 Å². The molecule has 2 aromatic rings. The van der Waals surface area contributed by atoms with E-state index in [4.69, 9.17) is 9.47 Å². The molecule has 0 radical (unpaired) electrons. The second kappa shape index (κ2) is 17.9. The van der Waals surface area contributed by atoms with E-state index in [9.17, 15) is 24.0 Å². The predicted octanol–water partition coefficient (Wildman–Crippen LogP) is 4.15. The summed E-state index contributed by atoms with van der Waals surface area (Å²) in [5.74, 6) is -1.89. The van der Waals surface area contributed by atoms with Gasteiger partial charge in [0.2, 0.25) is 11.8 Å². The van der Waals surface area contributed by atoms with Gasteiger partial charge in [0.1, 0.15) is 16.7 Å². The Labute approximate surface area is 299 Å². The first-order valence-electron chi connectivity index (χ1n) is 17.6. The molecule has 2 fully saturated rings. The van der Waals surface area contributed by atoms with Crippen molar-refractivity contribution in [3.63, 3.8) is 0 Å². The number of esters is 2. The number of likely N-dealkylation sites (tertiary alicyclic amines) is 1. The third-order valence-electron chi connectivity index (χ3n) is 9.79. The van der Waals surface area contributed by atoms with Crippen LogP contribution in [0.3, 0.4) is 0 Å². The molecule has 1 saturated carbocycles. The number of amides is 3. The van der Waals surface area contributed by atoms with Gasteiger partial charge in [-0.05, 0) is 69.5 Å². The van der Waals surface area contributed by atoms with E-state index < -0.39 is 29.9 Å². The van der Waals surface area contributed by atoms with Crippen LogP contribution in [-0.2, 0) is 35.1 Å². The van der Waals surface area contributed by atoms with Crippen LogP contribution >= 0.6 is 11.3 Å². The summed E-state index contributed by atoms with van der Waals surface area (Å²) in [7, 11) is 5.02. The lowest BCUT2D eigenvalue weighted by molar-refractivity contribution is -0.149. The topological polar surface area (TPSA) is 147 Å². The van der Waals surface area contributed by atoms with Crippen molar-refractivity contribution >= 4 is 41.0 Å². The Morgan fingerprint density at radius 3 is 2.32 bits per heavy atom. The van der Waals surface area contributed by atoms with E-state index in [0.717, 1.165) is 37.8 Å². The first-order chi connectivity index (χ1) is 23.8. The molecule has 2 heterocycles. The lowest BCUT2D eigenvalue weighted by atomic mass is 9.95. The van der Waals surface area contributed by atoms with Crippen LogP contribution in [0.2, 0.25) is 0 Å². The van der Waals surface area contributed by atoms with E-state index in [-0.39, 0.29) is 59.9 Å². The zero-order valence-corrected chi connectivity index (χ0v) is 31.2. The van der Waals surface area contributed by atoms with Crippen LogP contribution in [0.5, 0.6) is 0 Å². The Morgan fingerprint density at radius 2 is 1.74 bits per heavy atom. The molecule has 2 aliphatic rings. The van der Waals surface area contributed by atoms with Crippen molar-refractivity contribution in [1.82, 2.24) is 25.4 Å². The van der Waals surface area contributed by atoms with Crippen LogP contribution in [0, 0.1) is 17.8 Å². The summed E-state index contributed by atoms with van der Waals surface area (Å²) in [5.41, 5.74) is 1.18. The van der Waals surface area contributed by atoms with E-state index in [1.807, 2.05) is 56.1 Å². The highest BCUT2D eigenvalue weighted by Gasteiger charge is 2.42. The number of carbonyl (C=O) groups excluding carboxylic acids is 5. The number of aromatic nitrogens is 1. The minimum atomic E-state index is -0.803. The fourth-order valence-corrected chi connectivity index (χ4v) is 7.64. The number of likely N-dealkylation sites (N-methyl/N-ethyl adjacent to an activating group) is 2. The molecule has 0 bridgehead atoms. The van der Waals surface area contributed by atoms with Gasteiger partial charge in [-0.1, -0.05) is 51.1 Å². The molecule has 1 aromatic carbocycles. The molecule has 12 nitrogen and oxygen atoms in total. The molecule has 3 amide bonds. The third kappa shape index (κ3) is 10.6. The van der Waals surface area contributed by atoms with Gasteiger partial charge in [0.05, 0.1) is 19.1 Å². The highest BCUT2D eigenvalue weighted by molar-refractivity contribution is 7.09. The van der Waals surface area contributed by atoms with Gasteiger partial charge < -0.3 is 25.0 Å². The first-order valence-corrected chi connectivity index (χ1v) is 18.5. The Morgan fingerprint density at radius 1 is 1.04 bits per heavy atom. The molecule has 50 heavy (non-hydrogen) atoms. The molecule has 4 rings (SSSR count). The van der Waals surface area contributed by atoms with Gasteiger partial charge in [-0.15, -0.1) is 11.3 Å². The molecule has 1 aliphatic carbocycles. The predicted molar refractivity (Wildman–Crippen MR) is 190 cm³/mol. The van der Waals surface area contributed by atoms with Gasteiger partial charge in [0, 0.05) is 37.9 Å². The minimum Gasteiger partial charge on any atom is -0.469 e. The van der Waals surface area contributed by atoms with Crippen molar-refractivity contribution in [3.05, 3.63) is 52.0 Å². The Kier molecular flexibility index (Phi) is 13.9. The molecular formula is C37H53N5O7S. The van der Waals surface area contributed by atoms with Gasteiger partial charge in [-0.2, -0.15) is 0 Å². The van der Waals surface area contributed by atoms with Gasteiger partial charge >= 0.3 is 11.9 Å². The van der Waals surface area contributed by atoms with Gasteiger partial charge in [0.15, 0.2) is 6.10 Å². The third-order valence-corrected chi connectivity index (χ3v) is 10.7.